The van der Waals surface area contributed by atoms with Gasteiger partial charge >= 0.3 is 11.9 Å². The lowest BCUT2D eigenvalue weighted by molar-refractivity contribution is -0.144. The second-order valence-corrected chi connectivity index (χ2v) is 13.2. The van der Waals surface area contributed by atoms with Gasteiger partial charge in [0.15, 0.2) is 0 Å². The lowest BCUT2D eigenvalue weighted by Crippen LogP contribution is -2.06. The van der Waals surface area contributed by atoms with Gasteiger partial charge < -0.3 is 9.47 Å². The molecule has 0 aromatic rings. The highest BCUT2D eigenvalue weighted by Gasteiger charge is 2.04. The highest BCUT2D eigenvalue weighted by molar-refractivity contribution is 5.69. The summed E-state index contributed by atoms with van der Waals surface area (Å²) in [5.74, 6) is -0.0270. The van der Waals surface area contributed by atoms with E-state index in [0.29, 0.717) is 26.1 Å². The van der Waals surface area contributed by atoms with Gasteiger partial charge in [0.25, 0.3) is 0 Å². The van der Waals surface area contributed by atoms with Crippen LogP contribution in [0.5, 0.6) is 0 Å². The molecule has 0 bridgehead atoms. The highest BCUT2D eigenvalue weighted by Crippen LogP contribution is 2.14. The van der Waals surface area contributed by atoms with Crippen LogP contribution in [-0.4, -0.2) is 25.2 Å². The average molecular weight is 609 g/mol. The third kappa shape index (κ3) is 37.0. The van der Waals surface area contributed by atoms with Gasteiger partial charge in [-0.15, -0.1) is 0 Å². The van der Waals surface area contributed by atoms with Crippen LogP contribution in [-0.2, 0) is 19.1 Å². The Bertz CT molecular complexity index is 513. The van der Waals surface area contributed by atoms with E-state index < -0.39 is 0 Å². The smallest absolute Gasteiger partial charge is 0.305 e. The maximum Gasteiger partial charge on any atom is 0.305 e. The highest BCUT2D eigenvalue weighted by atomic mass is 16.5. The van der Waals surface area contributed by atoms with Crippen LogP contribution in [0.4, 0.5) is 0 Å². The van der Waals surface area contributed by atoms with E-state index in [1.807, 2.05) is 0 Å². The molecular formula is C39H76O4. The van der Waals surface area contributed by atoms with Crippen LogP contribution in [0, 0.1) is 0 Å². The molecule has 4 heteroatoms. The van der Waals surface area contributed by atoms with Crippen molar-refractivity contribution in [2.45, 2.75) is 226 Å². The minimum atomic E-state index is -0.0135. The first kappa shape index (κ1) is 41.9. The van der Waals surface area contributed by atoms with Crippen molar-refractivity contribution < 1.29 is 19.1 Å². The molecule has 0 aliphatic rings. The Balaban J connectivity index is 3.23. The molecule has 0 unspecified atom stereocenters. The molecule has 0 saturated heterocycles. The Labute approximate surface area is 269 Å². The van der Waals surface area contributed by atoms with Crippen LogP contribution in [0.15, 0.2) is 0 Å². The molecule has 0 aliphatic heterocycles. The summed E-state index contributed by atoms with van der Waals surface area (Å²) in [6.45, 7) is 5.70. The van der Waals surface area contributed by atoms with Crippen molar-refractivity contribution in [1.29, 1.82) is 0 Å². The summed E-state index contributed by atoms with van der Waals surface area (Å²) in [4.78, 5) is 23.8. The fraction of sp³-hybridized carbons (Fsp3) is 0.949. The Kier molecular flexibility index (Phi) is 36.2. The molecule has 0 radical (unpaired) electrons. The van der Waals surface area contributed by atoms with Gasteiger partial charge in [0.2, 0.25) is 0 Å². The summed E-state index contributed by atoms with van der Waals surface area (Å²) in [5.41, 5.74) is 0. The number of hydrogen-bond acceptors (Lipinski definition) is 4. The van der Waals surface area contributed by atoms with Crippen molar-refractivity contribution in [2.75, 3.05) is 13.2 Å². The largest absolute Gasteiger partial charge is 0.466 e. The minimum absolute atomic E-state index is 0.0135. The SMILES string of the molecule is CCCCCCCCCCCCCCC(=O)OCCCCCCCCCOC(=O)CCCCCCCCCCCCCC. The third-order valence-electron chi connectivity index (χ3n) is 8.78. The van der Waals surface area contributed by atoms with E-state index >= 15 is 0 Å². The molecule has 43 heavy (non-hydrogen) atoms. The second kappa shape index (κ2) is 37.1. The lowest BCUT2D eigenvalue weighted by atomic mass is 10.0. The molecule has 0 fully saturated rings. The molecule has 0 amide bonds. The molecule has 0 saturated carbocycles. The molecule has 0 heterocycles. The summed E-state index contributed by atoms with van der Waals surface area (Å²) in [5, 5.41) is 0. The Morgan fingerprint density at radius 3 is 0.767 bits per heavy atom. The van der Waals surface area contributed by atoms with Gasteiger partial charge in [-0.25, -0.2) is 0 Å². The number of ether oxygens (including phenoxy) is 2. The van der Waals surface area contributed by atoms with E-state index in [1.54, 1.807) is 0 Å². The Hall–Kier alpha value is -1.06. The van der Waals surface area contributed by atoms with Crippen molar-refractivity contribution in [3.8, 4) is 0 Å². The van der Waals surface area contributed by atoms with E-state index in [0.717, 1.165) is 51.4 Å². The van der Waals surface area contributed by atoms with Crippen LogP contribution >= 0.6 is 0 Å². The molecule has 256 valence electrons. The molecular weight excluding hydrogens is 532 g/mol. The number of carbonyl (C=O) groups is 2. The van der Waals surface area contributed by atoms with Gasteiger partial charge in [-0.2, -0.15) is 0 Å². The first-order valence-corrected chi connectivity index (χ1v) is 19.5. The number of esters is 2. The maximum absolute atomic E-state index is 11.9. The second-order valence-electron chi connectivity index (χ2n) is 13.2. The zero-order chi connectivity index (χ0) is 31.3. The van der Waals surface area contributed by atoms with E-state index in [4.69, 9.17) is 9.47 Å². The molecule has 0 atom stereocenters. The zero-order valence-corrected chi connectivity index (χ0v) is 29.4. The third-order valence-corrected chi connectivity index (χ3v) is 8.78. The Morgan fingerprint density at radius 1 is 0.302 bits per heavy atom. The van der Waals surface area contributed by atoms with E-state index in [-0.39, 0.29) is 11.9 Å². The molecule has 4 nitrogen and oxygen atoms in total. The Morgan fingerprint density at radius 2 is 0.512 bits per heavy atom. The van der Waals surface area contributed by atoms with Gasteiger partial charge in [-0.05, 0) is 25.7 Å². The van der Waals surface area contributed by atoms with Crippen molar-refractivity contribution in [2.24, 2.45) is 0 Å². The number of carbonyl (C=O) groups excluding carboxylic acids is 2. The molecule has 0 aromatic heterocycles. The standard InChI is InChI=1S/C39H76O4/c1-3-5-7-9-11-13-15-17-19-22-26-30-34-38(40)42-36-32-28-24-21-25-29-33-37-43-39(41)35-31-27-23-20-18-16-14-12-10-8-6-4-2/h3-37H2,1-2H3. The normalized spacial score (nSPS) is 11.2. The predicted octanol–water partition coefficient (Wildman–Crippen LogP) is 13.0. The number of rotatable bonds is 36. The quantitative estimate of drug-likeness (QED) is 0.0524. The van der Waals surface area contributed by atoms with Crippen LogP contribution < -0.4 is 0 Å². The average Bonchev–Trinajstić information content (AvgIpc) is 3.01. The van der Waals surface area contributed by atoms with Gasteiger partial charge in [-0.1, -0.05) is 187 Å². The van der Waals surface area contributed by atoms with E-state index in [2.05, 4.69) is 13.8 Å². The van der Waals surface area contributed by atoms with E-state index in [1.165, 1.54) is 148 Å². The topological polar surface area (TPSA) is 52.6 Å². The number of unbranched alkanes of at least 4 members (excludes halogenated alkanes) is 28. The van der Waals surface area contributed by atoms with Crippen LogP contribution in [0.2, 0.25) is 0 Å². The van der Waals surface area contributed by atoms with Gasteiger partial charge in [0.1, 0.15) is 0 Å². The number of hydrogen-bond donors (Lipinski definition) is 0. The molecule has 0 N–H and O–H groups in total. The van der Waals surface area contributed by atoms with E-state index in [9.17, 15) is 9.59 Å². The van der Waals surface area contributed by atoms with Crippen molar-refractivity contribution in [1.82, 2.24) is 0 Å². The van der Waals surface area contributed by atoms with Gasteiger partial charge in [0, 0.05) is 12.8 Å². The molecule has 0 spiro atoms. The fourth-order valence-corrected chi connectivity index (χ4v) is 5.83. The van der Waals surface area contributed by atoms with Crippen molar-refractivity contribution in [3.05, 3.63) is 0 Å². The first-order chi connectivity index (χ1) is 21.2. The molecule has 0 rings (SSSR count). The van der Waals surface area contributed by atoms with Gasteiger partial charge in [-0.3, -0.25) is 9.59 Å². The summed E-state index contributed by atoms with van der Waals surface area (Å²) >= 11 is 0. The summed E-state index contributed by atoms with van der Waals surface area (Å²) in [6.07, 6.45) is 40.5. The van der Waals surface area contributed by atoms with Crippen molar-refractivity contribution in [3.63, 3.8) is 0 Å². The molecule has 0 aromatic carbocycles. The van der Waals surface area contributed by atoms with Crippen LogP contribution in [0.1, 0.15) is 226 Å². The van der Waals surface area contributed by atoms with Crippen LogP contribution in [0.3, 0.4) is 0 Å². The minimum Gasteiger partial charge on any atom is -0.466 e. The maximum atomic E-state index is 11.9. The monoisotopic (exact) mass is 609 g/mol. The molecule has 0 aliphatic carbocycles. The van der Waals surface area contributed by atoms with Crippen LogP contribution in [0.25, 0.3) is 0 Å². The lowest BCUT2D eigenvalue weighted by Gasteiger charge is -2.06. The fourth-order valence-electron chi connectivity index (χ4n) is 5.83. The van der Waals surface area contributed by atoms with Gasteiger partial charge in [0.05, 0.1) is 13.2 Å². The summed E-state index contributed by atoms with van der Waals surface area (Å²) < 4.78 is 10.8. The summed E-state index contributed by atoms with van der Waals surface area (Å²) in [7, 11) is 0. The van der Waals surface area contributed by atoms with Crippen molar-refractivity contribution >= 4 is 11.9 Å². The zero-order valence-electron chi connectivity index (χ0n) is 29.4. The predicted molar refractivity (Wildman–Crippen MR) is 186 cm³/mol. The summed E-state index contributed by atoms with van der Waals surface area (Å²) in [6, 6.07) is 0. The first-order valence-electron chi connectivity index (χ1n) is 19.5.